The van der Waals surface area contributed by atoms with Crippen LogP contribution >= 0.6 is 23.2 Å². The van der Waals surface area contributed by atoms with E-state index in [1.54, 1.807) is 18.3 Å². The fourth-order valence-corrected chi connectivity index (χ4v) is 2.29. The van der Waals surface area contributed by atoms with E-state index in [-0.39, 0.29) is 5.92 Å². The number of nitrogens with zero attached hydrogens (tertiary/aromatic N) is 1. The molecule has 1 unspecified atom stereocenters. The number of imidazole rings is 1. The molecule has 1 atom stereocenters. The molecule has 1 heterocycles. The quantitative estimate of drug-likeness (QED) is 0.781. The molecule has 0 saturated carbocycles. The lowest BCUT2D eigenvalue weighted by molar-refractivity contribution is 0.185. The molecule has 21 heavy (non-hydrogen) atoms. The summed E-state index contributed by atoms with van der Waals surface area (Å²) in [6.07, 6.45) is 0.564. The van der Waals surface area contributed by atoms with Gasteiger partial charge >= 0.3 is 6.09 Å². The van der Waals surface area contributed by atoms with Gasteiger partial charge in [-0.2, -0.15) is 0 Å². The van der Waals surface area contributed by atoms with E-state index in [0.29, 0.717) is 15.9 Å². The number of amides is 1. The number of nitrogens with one attached hydrogen (secondary N) is 2. The van der Waals surface area contributed by atoms with Gasteiger partial charge in [-0.25, -0.2) is 9.78 Å². The number of aromatic nitrogens is 2. The lowest BCUT2D eigenvalue weighted by atomic mass is 10.0. The first-order chi connectivity index (χ1) is 9.88. The Balaban J connectivity index is 2.31. The molecule has 2 aromatic rings. The maximum Gasteiger partial charge on any atom is 0.405 e. The molecule has 112 valence electrons. The van der Waals surface area contributed by atoms with Crippen molar-refractivity contribution in [2.24, 2.45) is 5.92 Å². The van der Waals surface area contributed by atoms with Crippen molar-refractivity contribution in [3.8, 4) is 11.3 Å². The first-order valence-electron chi connectivity index (χ1n) is 6.38. The van der Waals surface area contributed by atoms with Gasteiger partial charge in [0, 0.05) is 5.56 Å². The Morgan fingerprint density at radius 2 is 2.05 bits per heavy atom. The Morgan fingerprint density at radius 1 is 1.33 bits per heavy atom. The maximum atomic E-state index is 10.9. The molecule has 0 aliphatic heterocycles. The Bertz CT molecular complexity index is 655. The standard InChI is InChI=1S/C14H15Cl2N3O2/c1-7(2)12(19-14(20)21)13-17-6-11(18-13)8-3-4-9(15)10(16)5-8/h3-7,12,19H,1-2H3,(H,17,18)(H,20,21). The van der Waals surface area contributed by atoms with Gasteiger partial charge < -0.3 is 15.4 Å². The van der Waals surface area contributed by atoms with E-state index in [1.807, 2.05) is 19.9 Å². The molecule has 1 amide bonds. The highest BCUT2D eigenvalue weighted by Crippen LogP contribution is 2.29. The number of rotatable bonds is 4. The van der Waals surface area contributed by atoms with Gasteiger partial charge in [-0.1, -0.05) is 43.1 Å². The molecule has 2 rings (SSSR count). The molecule has 0 aliphatic rings. The number of hydrogen-bond donors (Lipinski definition) is 3. The molecule has 0 radical (unpaired) electrons. The van der Waals surface area contributed by atoms with Gasteiger partial charge in [0.25, 0.3) is 0 Å². The molecule has 1 aromatic heterocycles. The summed E-state index contributed by atoms with van der Waals surface area (Å²) in [5.41, 5.74) is 1.59. The van der Waals surface area contributed by atoms with E-state index in [4.69, 9.17) is 28.3 Å². The normalized spacial score (nSPS) is 12.4. The number of benzene rings is 1. The van der Waals surface area contributed by atoms with Crippen LogP contribution in [0.3, 0.4) is 0 Å². The fourth-order valence-electron chi connectivity index (χ4n) is 1.99. The molecular formula is C14H15Cl2N3O2. The van der Waals surface area contributed by atoms with Crippen LogP contribution in [0.25, 0.3) is 11.3 Å². The second-order valence-electron chi connectivity index (χ2n) is 4.98. The van der Waals surface area contributed by atoms with Gasteiger partial charge in [-0.3, -0.25) is 0 Å². The minimum atomic E-state index is -1.08. The van der Waals surface area contributed by atoms with Crippen molar-refractivity contribution in [3.05, 3.63) is 40.3 Å². The summed E-state index contributed by atoms with van der Waals surface area (Å²) in [4.78, 5) is 18.2. The highest BCUT2D eigenvalue weighted by molar-refractivity contribution is 6.42. The summed E-state index contributed by atoms with van der Waals surface area (Å²) in [6.45, 7) is 3.84. The number of halogens is 2. The summed E-state index contributed by atoms with van der Waals surface area (Å²) >= 11 is 11.9. The highest BCUT2D eigenvalue weighted by Gasteiger charge is 2.21. The van der Waals surface area contributed by atoms with Gasteiger partial charge in [0.1, 0.15) is 5.82 Å². The van der Waals surface area contributed by atoms with Crippen molar-refractivity contribution < 1.29 is 9.90 Å². The van der Waals surface area contributed by atoms with Crippen molar-refractivity contribution in [1.29, 1.82) is 0 Å². The van der Waals surface area contributed by atoms with Crippen LogP contribution in [-0.2, 0) is 0 Å². The molecular weight excluding hydrogens is 313 g/mol. The minimum absolute atomic E-state index is 0.0638. The third-order valence-electron chi connectivity index (χ3n) is 3.07. The smallest absolute Gasteiger partial charge is 0.405 e. The molecule has 1 aromatic carbocycles. The van der Waals surface area contributed by atoms with Gasteiger partial charge in [0.2, 0.25) is 0 Å². The molecule has 0 bridgehead atoms. The molecule has 5 nitrogen and oxygen atoms in total. The minimum Gasteiger partial charge on any atom is -0.465 e. The van der Waals surface area contributed by atoms with Crippen LogP contribution in [-0.4, -0.2) is 21.2 Å². The molecule has 0 aliphatic carbocycles. The van der Waals surface area contributed by atoms with E-state index >= 15 is 0 Å². The van der Waals surface area contributed by atoms with E-state index in [9.17, 15) is 4.79 Å². The lowest BCUT2D eigenvalue weighted by Crippen LogP contribution is -2.31. The van der Waals surface area contributed by atoms with Crippen molar-refractivity contribution in [2.75, 3.05) is 0 Å². The van der Waals surface area contributed by atoms with Crippen LogP contribution in [0.1, 0.15) is 25.7 Å². The number of carboxylic acid groups (broad SMARTS) is 1. The zero-order chi connectivity index (χ0) is 15.6. The van der Waals surface area contributed by atoms with Crippen molar-refractivity contribution in [3.63, 3.8) is 0 Å². The SMILES string of the molecule is CC(C)C(NC(=O)O)c1ncc(-c2ccc(Cl)c(Cl)c2)[nH]1. The van der Waals surface area contributed by atoms with E-state index < -0.39 is 12.1 Å². The van der Waals surface area contributed by atoms with Gasteiger partial charge in [-0.15, -0.1) is 0 Å². The Hall–Kier alpha value is -1.72. The molecule has 0 fully saturated rings. The zero-order valence-electron chi connectivity index (χ0n) is 11.5. The van der Waals surface area contributed by atoms with Crippen LogP contribution in [0.5, 0.6) is 0 Å². The van der Waals surface area contributed by atoms with Crippen molar-refractivity contribution in [1.82, 2.24) is 15.3 Å². The van der Waals surface area contributed by atoms with Crippen LogP contribution in [0, 0.1) is 5.92 Å². The van der Waals surface area contributed by atoms with Crippen LogP contribution in [0.4, 0.5) is 4.79 Å². The largest absolute Gasteiger partial charge is 0.465 e. The second kappa shape index (κ2) is 6.37. The van der Waals surface area contributed by atoms with Gasteiger partial charge in [0.05, 0.1) is 28.0 Å². The summed E-state index contributed by atoms with van der Waals surface area (Å²) in [7, 11) is 0. The fraction of sp³-hybridized carbons (Fsp3) is 0.286. The first kappa shape index (κ1) is 15.7. The number of aromatic amines is 1. The maximum absolute atomic E-state index is 10.9. The van der Waals surface area contributed by atoms with Crippen molar-refractivity contribution >= 4 is 29.3 Å². The van der Waals surface area contributed by atoms with E-state index in [2.05, 4.69) is 15.3 Å². The number of H-pyrrole nitrogens is 1. The van der Waals surface area contributed by atoms with Gasteiger partial charge in [0.15, 0.2) is 0 Å². The predicted molar refractivity (Wildman–Crippen MR) is 82.8 cm³/mol. The lowest BCUT2D eigenvalue weighted by Gasteiger charge is -2.18. The summed E-state index contributed by atoms with van der Waals surface area (Å²) in [5, 5.41) is 12.3. The van der Waals surface area contributed by atoms with Crippen LogP contribution in [0.2, 0.25) is 10.0 Å². The molecule has 3 N–H and O–H groups in total. The molecule has 0 spiro atoms. The van der Waals surface area contributed by atoms with E-state index in [1.165, 1.54) is 0 Å². The average Bonchev–Trinajstić information content (AvgIpc) is 2.88. The van der Waals surface area contributed by atoms with Crippen LogP contribution < -0.4 is 5.32 Å². The topological polar surface area (TPSA) is 78.0 Å². The summed E-state index contributed by atoms with van der Waals surface area (Å²) < 4.78 is 0. The third kappa shape index (κ3) is 3.68. The molecule has 7 heteroatoms. The van der Waals surface area contributed by atoms with Gasteiger partial charge in [-0.05, 0) is 18.1 Å². The first-order valence-corrected chi connectivity index (χ1v) is 7.14. The summed E-state index contributed by atoms with van der Waals surface area (Å²) in [5.74, 6) is 0.627. The van der Waals surface area contributed by atoms with Crippen LogP contribution in [0.15, 0.2) is 24.4 Å². The average molecular weight is 328 g/mol. The second-order valence-corrected chi connectivity index (χ2v) is 5.80. The highest BCUT2D eigenvalue weighted by atomic mass is 35.5. The zero-order valence-corrected chi connectivity index (χ0v) is 13.0. The number of carbonyl (C=O) groups is 1. The summed E-state index contributed by atoms with van der Waals surface area (Å²) in [6, 6.07) is 4.85. The third-order valence-corrected chi connectivity index (χ3v) is 3.81. The Morgan fingerprint density at radius 3 is 2.62 bits per heavy atom. The number of hydrogen-bond acceptors (Lipinski definition) is 2. The Kier molecular flexibility index (Phi) is 4.75. The van der Waals surface area contributed by atoms with Crippen molar-refractivity contribution in [2.45, 2.75) is 19.9 Å². The molecule has 0 saturated heterocycles. The predicted octanol–water partition coefficient (Wildman–Crippen LogP) is 4.35. The van der Waals surface area contributed by atoms with E-state index in [0.717, 1.165) is 11.3 Å². The Labute approximate surface area is 132 Å². The monoisotopic (exact) mass is 327 g/mol.